The van der Waals surface area contributed by atoms with Gasteiger partial charge in [-0.15, -0.1) is 0 Å². The highest BCUT2D eigenvalue weighted by Crippen LogP contribution is 2.28. The third-order valence-corrected chi connectivity index (χ3v) is 2.28. The molecule has 62 valence electrons. The number of rotatable bonds is 2. The summed E-state index contributed by atoms with van der Waals surface area (Å²) in [6.45, 7) is 1.25. The van der Waals surface area contributed by atoms with E-state index in [4.69, 9.17) is 5.26 Å². The molecule has 0 aromatic carbocycles. The van der Waals surface area contributed by atoms with Gasteiger partial charge in [0.1, 0.15) is 0 Å². The fourth-order valence-corrected chi connectivity index (χ4v) is 1.51. The minimum absolute atomic E-state index is 0.380. The maximum absolute atomic E-state index is 12.0. The molecule has 0 aromatic rings. The molecule has 0 aromatic heterocycles. The van der Waals surface area contributed by atoms with Gasteiger partial charge in [-0.2, -0.15) is 5.26 Å². The maximum Gasteiger partial charge on any atom is 0.0910 e. The van der Waals surface area contributed by atoms with Gasteiger partial charge in [0, 0.05) is 6.54 Å². The summed E-state index contributed by atoms with van der Waals surface area (Å²) in [6.07, 6.45) is 2.23. The van der Waals surface area contributed by atoms with Gasteiger partial charge in [0.2, 0.25) is 0 Å². The standard InChI is InChI=1S/C8H13FN2/c9-4-3-8(6-10)2-1-5-11-7-8/h11H,1-5,7H2. The van der Waals surface area contributed by atoms with E-state index in [-0.39, 0.29) is 6.67 Å². The Hall–Kier alpha value is -0.620. The first kappa shape index (κ1) is 8.48. The van der Waals surface area contributed by atoms with Crippen LogP contribution in [0.5, 0.6) is 0 Å². The van der Waals surface area contributed by atoms with Gasteiger partial charge in [-0.05, 0) is 25.8 Å². The van der Waals surface area contributed by atoms with Crippen molar-refractivity contribution in [1.82, 2.24) is 5.32 Å². The zero-order chi connectivity index (χ0) is 8.16. The number of halogens is 1. The summed E-state index contributed by atoms with van der Waals surface area (Å²) in [6, 6.07) is 2.22. The van der Waals surface area contributed by atoms with Crippen LogP contribution in [0, 0.1) is 16.7 Å². The molecular formula is C8H13FN2. The molecule has 0 bridgehead atoms. The van der Waals surface area contributed by atoms with Crippen molar-refractivity contribution in [2.75, 3.05) is 19.8 Å². The maximum atomic E-state index is 12.0. The highest BCUT2D eigenvalue weighted by Gasteiger charge is 2.31. The number of hydrogen-bond acceptors (Lipinski definition) is 2. The van der Waals surface area contributed by atoms with E-state index >= 15 is 0 Å². The van der Waals surface area contributed by atoms with Crippen LogP contribution >= 0.6 is 0 Å². The molecule has 0 radical (unpaired) electrons. The molecule has 2 nitrogen and oxygen atoms in total. The van der Waals surface area contributed by atoms with Crippen molar-refractivity contribution in [1.29, 1.82) is 5.26 Å². The van der Waals surface area contributed by atoms with Gasteiger partial charge in [0.15, 0.2) is 0 Å². The first-order valence-electron chi connectivity index (χ1n) is 4.01. The van der Waals surface area contributed by atoms with E-state index in [1.807, 2.05) is 0 Å². The van der Waals surface area contributed by atoms with Crippen LogP contribution in [0.2, 0.25) is 0 Å². The van der Waals surface area contributed by atoms with Crippen molar-refractivity contribution in [2.45, 2.75) is 19.3 Å². The normalized spacial score (nSPS) is 31.3. The second-order valence-electron chi connectivity index (χ2n) is 3.11. The smallest absolute Gasteiger partial charge is 0.0910 e. The lowest BCUT2D eigenvalue weighted by Gasteiger charge is -2.30. The third kappa shape index (κ3) is 1.90. The molecular weight excluding hydrogens is 143 g/mol. The number of nitrogens with zero attached hydrogens (tertiary/aromatic N) is 1. The zero-order valence-corrected chi connectivity index (χ0v) is 6.57. The van der Waals surface area contributed by atoms with E-state index in [1.54, 1.807) is 0 Å². The second-order valence-corrected chi connectivity index (χ2v) is 3.11. The molecule has 1 fully saturated rings. The Bertz CT molecular complexity index is 150. The van der Waals surface area contributed by atoms with Crippen molar-refractivity contribution in [3.63, 3.8) is 0 Å². The molecule has 1 unspecified atom stereocenters. The summed E-state index contributed by atoms with van der Waals surface area (Å²) < 4.78 is 12.0. The van der Waals surface area contributed by atoms with E-state index in [9.17, 15) is 4.39 Å². The topological polar surface area (TPSA) is 35.8 Å². The lowest BCUT2D eigenvalue weighted by atomic mass is 9.80. The zero-order valence-electron chi connectivity index (χ0n) is 6.57. The quantitative estimate of drug-likeness (QED) is 0.653. The molecule has 1 rings (SSSR count). The molecule has 0 spiro atoms. The lowest BCUT2D eigenvalue weighted by molar-refractivity contribution is 0.243. The van der Waals surface area contributed by atoms with Gasteiger partial charge >= 0.3 is 0 Å². The van der Waals surface area contributed by atoms with Crippen molar-refractivity contribution in [3.05, 3.63) is 0 Å². The van der Waals surface area contributed by atoms with Gasteiger partial charge < -0.3 is 5.32 Å². The average molecular weight is 156 g/mol. The van der Waals surface area contributed by atoms with Crippen molar-refractivity contribution in [3.8, 4) is 6.07 Å². The van der Waals surface area contributed by atoms with Gasteiger partial charge in [-0.1, -0.05) is 0 Å². The molecule has 3 heteroatoms. The summed E-state index contributed by atoms with van der Waals surface area (Å²) in [7, 11) is 0. The monoisotopic (exact) mass is 156 g/mol. The Morgan fingerprint density at radius 1 is 1.64 bits per heavy atom. The first-order chi connectivity index (χ1) is 5.33. The van der Waals surface area contributed by atoms with Crippen LogP contribution in [0.1, 0.15) is 19.3 Å². The summed E-state index contributed by atoms with van der Waals surface area (Å²) in [5, 5.41) is 11.9. The van der Waals surface area contributed by atoms with E-state index in [0.29, 0.717) is 13.0 Å². The summed E-state index contributed by atoms with van der Waals surface area (Å²) in [5.41, 5.74) is -0.410. The predicted molar refractivity (Wildman–Crippen MR) is 40.7 cm³/mol. The summed E-state index contributed by atoms with van der Waals surface area (Å²) in [4.78, 5) is 0. The van der Waals surface area contributed by atoms with Crippen LogP contribution < -0.4 is 5.32 Å². The fraction of sp³-hybridized carbons (Fsp3) is 0.875. The highest BCUT2D eigenvalue weighted by atomic mass is 19.1. The van der Waals surface area contributed by atoms with Crippen LogP contribution in [-0.2, 0) is 0 Å². The second kappa shape index (κ2) is 3.68. The highest BCUT2D eigenvalue weighted by molar-refractivity contribution is 5.02. The van der Waals surface area contributed by atoms with Crippen LogP contribution in [0.25, 0.3) is 0 Å². The van der Waals surface area contributed by atoms with Gasteiger partial charge in [0.05, 0.1) is 18.2 Å². The van der Waals surface area contributed by atoms with Crippen molar-refractivity contribution < 1.29 is 4.39 Å². The van der Waals surface area contributed by atoms with Crippen LogP contribution in [-0.4, -0.2) is 19.8 Å². The number of nitriles is 1. The molecule has 1 aliphatic rings. The fourth-order valence-electron chi connectivity index (χ4n) is 1.51. The van der Waals surface area contributed by atoms with Gasteiger partial charge in [-0.3, -0.25) is 4.39 Å². The van der Waals surface area contributed by atoms with E-state index in [0.717, 1.165) is 19.4 Å². The minimum atomic E-state index is -0.410. The van der Waals surface area contributed by atoms with Crippen LogP contribution in [0.15, 0.2) is 0 Å². The molecule has 1 atom stereocenters. The van der Waals surface area contributed by atoms with Crippen molar-refractivity contribution >= 4 is 0 Å². The Morgan fingerprint density at radius 3 is 2.91 bits per heavy atom. The van der Waals surface area contributed by atoms with Gasteiger partial charge in [-0.25, -0.2) is 0 Å². The van der Waals surface area contributed by atoms with E-state index in [1.165, 1.54) is 0 Å². The molecule has 11 heavy (non-hydrogen) atoms. The summed E-state index contributed by atoms with van der Waals surface area (Å²) in [5.74, 6) is 0. The minimum Gasteiger partial charge on any atom is -0.315 e. The Labute approximate surface area is 66.4 Å². The molecule has 1 aliphatic heterocycles. The lowest BCUT2D eigenvalue weighted by Crippen LogP contribution is -2.39. The average Bonchev–Trinajstić information content (AvgIpc) is 2.07. The molecule has 0 aliphatic carbocycles. The summed E-state index contributed by atoms with van der Waals surface area (Å²) >= 11 is 0. The van der Waals surface area contributed by atoms with E-state index < -0.39 is 5.41 Å². The van der Waals surface area contributed by atoms with Crippen LogP contribution in [0.4, 0.5) is 4.39 Å². The number of nitrogens with one attached hydrogen (secondary N) is 1. The number of piperidine rings is 1. The molecule has 0 amide bonds. The Morgan fingerprint density at radius 2 is 2.45 bits per heavy atom. The van der Waals surface area contributed by atoms with E-state index in [2.05, 4.69) is 11.4 Å². The molecule has 1 saturated heterocycles. The first-order valence-corrected chi connectivity index (χ1v) is 4.01. The molecule has 1 heterocycles. The Kier molecular flexibility index (Phi) is 2.84. The largest absolute Gasteiger partial charge is 0.315 e. The number of alkyl halides is 1. The predicted octanol–water partition coefficient (Wildman–Crippen LogP) is 1.24. The SMILES string of the molecule is N#CC1(CCF)CCCNC1. The van der Waals surface area contributed by atoms with Crippen molar-refractivity contribution in [2.24, 2.45) is 5.41 Å². The number of hydrogen-bond donors (Lipinski definition) is 1. The third-order valence-electron chi connectivity index (χ3n) is 2.28. The van der Waals surface area contributed by atoms with Gasteiger partial charge in [0.25, 0.3) is 0 Å². The van der Waals surface area contributed by atoms with Crippen LogP contribution in [0.3, 0.4) is 0 Å². The Balaban J connectivity index is 2.51. The molecule has 0 saturated carbocycles. The molecule has 1 N–H and O–H groups in total.